The number of nitro benzene ring substituents is 1. The molecule has 6 heteroatoms. The summed E-state index contributed by atoms with van der Waals surface area (Å²) in [6, 6.07) is 5.05. The normalized spacial score (nSPS) is 21.2. The Balaban J connectivity index is 1.98. The van der Waals surface area contributed by atoms with Crippen LogP contribution in [0.25, 0.3) is 0 Å². The van der Waals surface area contributed by atoms with Gasteiger partial charge < -0.3 is 9.80 Å². The van der Waals surface area contributed by atoms with Gasteiger partial charge in [-0.15, -0.1) is 0 Å². The number of hydrogen-bond acceptors (Lipinski definition) is 4. The molecule has 0 radical (unpaired) electrons. The molecule has 1 fully saturated rings. The molecule has 6 nitrogen and oxygen atoms in total. The molecule has 0 spiro atoms. The Kier molecular flexibility index (Phi) is 5.82. The van der Waals surface area contributed by atoms with Crippen LogP contribution < -0.4 is 4.90 Å². The van der Waals surface area contributed by atoms with E-state index in [0.717, 1.165) is 31.2 Å². The average molecular weight is 371 g/mol. The van der Waals surface area contributed by atoms with Crippen molar-refractivity contribution >= 4 is 17.3 Å². The lowest BCUT2D eigenvalue weighted by Gasteiger charge is -2.41. The van der Waals surface area contributed by atoms with Gasteiger partial charge in [-0.1, -0.05) is 39.2 Å². The zero-order valence-electron chi connectivity index (χ0n) is 16.4. The second-order valence-corrected chi connectivity index (χ2v) is 8.14. The van der Waals surface area contributed by atoms with Crippen LogP contribution in [0, 0.1) is 23.0 Å². The van der Waals surface area contributed by atoms with Crippen molar-refractivity contribution in [3.05, 3.63) is 46.3 Å². The fraction of sp³-hybridized carbons (Fsp3) is 0.571. The van der Waals surface area contributed by atoms with Crippen LogP contribution in [0.1, 0.15) is 57.9 Å². The number of carbonyl (C=O) groups is 1. The molecule has 1 aromatic carbocycles. The topological polar surface area (TPSA) is 66.7 Å². The quantitative estimate of drug-likeness (QED) is 0.552. The Morgan fingerprint density at radius 2 is 1.81 bits per heavy atom. The van der Waals surface area contributed by atoms with Gasteiger partial charge in [0.1, 0.15) is 11.7 Å². The summed E-state index contributed by atoms with van der Waals surface area (Å²) in [6.07, 6.45) is 9.98. The van der Waals surface area contributed by atoms with E-state index in [0.29, 0.717) is 18.0 Å². The molecule has 0 saturated heterocycles. The van der Waals surface area contributed by atoms with Crippen LogP contribution in [0.4, 0.5) is 11.4 Å². The number of rotatable bonds is 5. The SMILES string of the molecule is Cc1ccc(N2C=CN(C3CCCCC3)C(=O)C2CC(C)C)c([N+](=O)[O-])c1. The molecule has 2 aliphatic rings. The standard InChI is InChI=1S/C21H29N3O3/c1-15(2)13-20-21(25)22(17-7-5-4-6-8-17)11-12-23(20)18-10-9-16(3)14-19(18)24(26)27/h9-12,14-15,17,20H,4-8,13H2,1-3H3. The first-order chi connectivity index (χ1) is 12.9. The summed E-state index contributed by atoms with van der Waals surface area (Å²) in [4.78, 5) is 28.3. The third kappa shape index (κ3) is 4.15. The first kappa shape index (κ1) is 19.4. The minimum absolute atomic E-state index is 0.0484. The second kappa shape index (κ2) is 8.11. The van der Waals surface area contributed by atoms with Gasteiger partial charge in [0, 0.05) is 24.5 Å². The van der Waals surface area contributed by atoms with Crippen molar-refractivity contribution in [2.45, 2.75) is 71.4 Å². The van der Waals surface area contributed by atoms with Crippen molar-refractivity contribution in [1.82, 2.24) is 4.90 Å². The van der Waals surface area contributed by atoms with E-state index in [4.69, 9.17) is 0 Å². The summed E-state index contributed by atoms with van der Waals surface area (Å²) in [6.45, 7) is 6.00. The number of benzene rings is 1. The van der Waals surface area contributed by atoms with Crippen molar-refractivity contribution < 1.29 is 9.72 Å². The molecule has 1 saturated carbocycles. The van der Waals surface area contributed by atoms with E-state index in [9.17, 15) is 14.9 Å². The molecule has 1 aromatic rings. The first-order valence-electron chi connectivity index (χ1n) is 9.92. The van der Waals surface area contributed by atoms with Gasteiger partial charge in [-0.05, 0) is 43.7 Å². The highest BCUT2D eigenvalue weighted by Gasteiger charge is 2.38. The minimum atomic E-state index is -0.404. The van der Waals surface area contributed by atoms with Crippen molar-refractivity contribution in [1.29, 1.82) is 0 Å². The predicted octanol–water partition coefficient (Wildman–Crippen LogP) is 4.77. The number of anilines is 1. The van der Waals surface area contributed by atoms with Crippen LogP contribution in [0.15, 0.2) is 30.6 Å². The van der Waals surface area contributed by atoms with Crippen LogP contribution in [0.2, 0.25) is 0 Å². The monoisotopic (exact) mass is 371 g/mol. The van der Waals surface area contributed by atoms with Crippen molar-refractivity contribution in [3.8, 4) is 0 Å². The van der Waals surface area contributed by atoms with E-state index < -0.39 is 6.04 Å². The van der Waals surface area contributed by atoms with Gasteiger partial charge in [-0.25, -0.2) is 0 Å². The maximum absolute atomic E-state index is 13.4. The molecule has 146 valence electrons. The van der Waals surface area contributed by atoms with Crippen LogP contribution >= 0.6 is 0 Å². The lowest BCUT2D eigenvalue weighted by Crippen LogP contribution is -2.52. The number of nitrogens with zero attached hydrogens (tertiary/aromatic N) is 3. The van der Waals surface area contributed by atoms with Crippen LogP contribution in [0.3, 0.4) is 0 Å². The number of nitro groups is 1. The number of aryl methyl sites for hydroxylation is 1. The summed E-state index contributed by atoms with van der Waals surface area (Å²) >= 11 is 0. The summed E-state index contributed by atoms with van der Waals surface area (Å²) in [5.74, 6) is 0.374. The Labute approximate surface area is 161 Å². The molecule has 1 amide bonds. The predicted molar refractivity (Wildman–Crippen MR) is 106 cm³/mol. The second-order valence-electron chi connectivity index (χ2n) is 8.14. The van der Waals surface area contributed by atoms with E-state index in [2.05, 4.69) is 13.8 Å². The van der Waals surface area contributed by atoms with E-state index in [-0.39, 0.29) is 22.6 Å². The molecule has 1 heterocycles. The zero-order valence-corrected chi connectivity index (χ0v) is 16.4. The summed E-state index contributed by atoms with van der Waals surface area (Å²) in [7, 11) is 0. The summed E-state index contributed by atoms with van der Waals surface area (Å²) in [5, 5.41) is 11.6. The molecule has 3 rings (SSSR count). The van der Waals surface area contributed by atoms with E-state index >= 15 is 0 Å². The first-order valence-corrected chi connectivity index (χ1v) is 9.92. The molecule has 0 bridgehead atoms. The van der Waals surface area contributed by atoms with Crippen molar-refractivity contribution in [3.63, 3.8) is 0 Å². The van der Waals surface area contributed by atoms with Crippen LogP contribution in [0.5, 0.6) is 0 Å². The molecule has 0 N–H and O–H groups in total. The molecule has 27 heavy (non-hydrogen) atoms. The van der Waals surface area contributed by atoms with Gasteiger partial charge in [-0.3, -0.25) is 14.9 Å². The highest BCUT2D eigenvalue weighted by Crippen LogP contribution is 2.35. The van der Waals surface area contributed by atoms with Gasteiger partial charge in [0.15, 0.2) is 0 Å². The fourth-order valence-corrected chi connectivity index (χ4v) is 4.18. The van der Waals surface area contributed by atoms with Crippen LogP contribution in [-0.4, -0.2) is 27.8 Å². The summed E-state index contributed by atoms with van der Waals surface area (Å²) < 4.78 is 0. The van der Waals surface area contributed by atoms with Gasteiger partial charge in [0.05, 0.1) is 4.92 Å². The average Bonchev–Trinajstić information content (AvgIpc) is 2.64. The molecule has 1 atom stereocenters. The number of amides is 1. The van der Waals surface area contributed by atoms with Gasteiger partial charge >= 0.3 is 0 Å². The Hall–Kier alpha value is -2.37. The Morgan fingerprint density at radius 1 is 1.15 bits per heavy atom. The lowest BCUT2D eigenvalue weighted by atomic mass is 9.92. The van der Waals surface area contributed by atoms with Crippen LogP contribution in [-0.2, 0) is 4.79 Å². The smallest absolute Gasteiger partial charge is 0.293 e. The number of hydrogen-bond donors (Lipinski definition) is 0. The van der Waals surface area contributed by atoms with E-state index in [1.54, 1.807) is 17.0 Å². The third-order valence-electron chi connectivity index (χ3n) is 5.53. The maximum Gasteiger partial charge on any atom is 0.293 e. The van der Waals surface area contributed by atoms with Crippen molar-refractivity contribution in [2.24, 2.45) is 5.92 Å². The Morgan fingerprint density at radius 3 is 2.44 bits per heavy atom. The molecular formula is C21H29N3O3. The highest BCUT2D eigenvalue weighted by atomic mass is 16.6. The van der Waals surface area contributed by atoms with Gasteiger partial charge in [-0.2, -0.15) is 0 Å². The highest BCUT2D eigenvalue weighted by molar-refractivity contribution is 5.89. The van der Waals surface area contributed by atoms with E-state index in [1.807, 2.05) is 30.3 Å². The van der Waals surface area contributed by atoms with Gasteiger partial charge in [0.2, 0.25) is 5.91 Å². The molecule has 1 unspecified atom stereocenters. The molecule has 1 aliphatic carbocycles. The summed E-state index contributed by atoms with van der Waals surface area (Å²) in [5.41, 5.74) is 1.37. The zero-order chi connectivity index (χ0) is 19.6. The number of carbonyl (C=O) groups excluding carboxylic acids is 1. The van der Waals surface area contributed by atoms with E-state index in [1.165, 1.54) is 6.42 Å². The molecule has 1 aliphatic heterocycles. The van der Waals surface area contributed by atoms with Gasteiger partial charge in [0.25, 0.3) is 5.69 Å². The minimum Gasteiger partial charge on any atom is -0.328 e. The third-order valence-corrected chi connectivity index (χ3v) is 5.53. The fourth-order valence-electron chi connectivity index (χ4n) is 4.18. The largest absolute Gasteiger partial charge is 0.328 e. The Bertz CT molecular complexity index is 738. The molecular weight excluding hydrogens is 342 g/mol. The lowest BCUT2D eigenvalue weighted by molar-refractivity contribution is -0.384. The van der Waals surface area contributed by atoms with Crippen molar-refractivity contribution in [2.75, 3.05) is 4.90 Å². The maximum atomic E-state index is 13.4. The molecule has 0 aromatic heterocycles.